The van der Waals surface area contributed by atoms with Crippen molar-refractivity contribution < 1.29 is 4.74 Å². The van der Waals surface area contributed by atoms with Gasteiger partial charge in [-0.2, -0.15) is 0 Å². The first-order valence-electron chi connectivity index (χ1n) is 8.21. The van der Waals surface area contributed by atoms with E-state index in [1.165, 1.54) is 24.8 Å². The summed E-state index contributed by atoms with van der Waals surface area (Å²) in [4.78, 5) is 4.01. The van der Waals surface area contributed by atoms with E-state index in [-0.39, 0.29) is 6.10 Å². The predicted octanol–water partition coefficient (Wildman–Crippen LogP) is 5.49. The lowest BCUT2D eigenvalue weighted by Gasteiger charge is -2.32. The summed E-state index contributed by atoms with van der Waals surface area (Å²) in [5.41, 5.74) is 2.29. The molecule has 1 fully saturated rings. The van der Waals surface area contributed by atoms with E-state index in [1.807, 2.05) is 18.2 Å². The summed E-state index contributed by atoms with van der Waals surface area (Å²) in [6.07, 6.45) is 6.75. The van der Waals surface area contributed by atoms with Crippen LogP contribution >= 0.6 is 11.6 Å². The lowest BCUT2D eigenvalue weighted by atomic mass is 9.81. The molecule has 2 aromatic carbocycles. The largest absolute Gasteiger partial charge is 0.490 e. The number of nitrogens with zero attached hydrogens (tertiary/aromatic N) is 1. The molecule has 1 aliphatic rings. The molecule has 2 nitrogen and oxygen atoms in total. The van der Waals surface area contributed by atoms with Gasteiger partial charge in [0, 0.05) is 24.7 Å². The molecule has 0 heterocycles. The van der Waals surface area contributed by atoms with Crippen LogP contribution < -0.4 is 4.74 Å². The second-order valence-electron chi connectivity index (χ2n) is 6.03. The second kappa shape index (κ2) is 7.65. The molecule has 0 radical (unpaired) electrons. The van der Waals surface area contributed by atoms with Gasteiger partial charge in [0.05, 0.1) is 5.02 Å². The van der Waals surface area contributed by atoms with Crippen LogP contribution in [-0.2, 0) is 0 Å². The maximum atomic E-state index is 6.31. The Balaban J connectivity index is 1.78. The lowest BCUT2D eigenvalue weighted by Crippen LogP contribution is -2.28. The highest BCUT2D eigenvalue weighted by Crippen LogP contribution is 2.36. The number of ether oxygens (including phenoxy) is 1. The Hall–Kier alpha value is -1.80. The summed E-state index contributed by atoms with van der Waals surface area (Å²) in [5, 5.41) is 0.681. The maximum Gasteiger partial charge on any atom is 0.121 e. The first-order valence-corrected chi connectivity index (χ1v) is 8.59. The fourth-order valence-electron chi connectivity index (χ4n) is 3.32. The third-order valence-corrected chi connectivity index (χ3v) is 4.79. The molecule has 2 atom stereocenters. The fraction of sp³-hybridized carbons (Fsp3) is 0.350. The van der Waals surface area contributed by atoms with Crippen molar-refractivity contribution in [1.29, 1.82) is 0 Å². The van der Waals surface area contributed by atoms with E-state index in [2.05, 4.69) is 35.3 Å². The number of halogens is 1. The monoisotopic (exact) mass is 327 g/mol. The van der Waals surface area contributed by atoms with Gasteiger partial charge in [-0.15, -0.1) is 0 Å². The van der Waals surface area contributed by atoms with Crippen LogP contribution in [0.3, 0.4) is 0 Å². The number of aliphatic imine (C=N–C) groups is 1. The van der Waals surface area contributed by atoms with Crippen molar-refractivity contribution in [3.8, 4) is 5.75 Å². The summed E-state index contributed by atoms with van der Waals surface area (Å²) in [6.45, 7) is 0. The number of rotatable bonds is 4. The van der Waals surface area contributed by atoms with Crippen LogP contribution in [0, 0.1) is 0 Å². The Morgan fingerprint density at radius 1 is 1.09 bits per heavy atom. The summed E-state index contributed by atoms with van der Waals surface area (Å²) in [7, 11) is 1.74. The standard InChI is InChI=1S/C20H22ClNO/c1-22-14-16-11-12-17(13-19(16)21)23-20-10-6-5-9-18(20)15-7-3-2-4-8-15/h2-4,7-8,11-14,18,20H,5-6,9-10H2,1H3/t18-,20+/m0/s1. The van der Waals surface area contributed by atoms with Crippen LogP contribution in [0.15, 0.2) is 53.5 Å². The molecular formula is C20H22ClNO. The van der Waals surface area contributed by atoms with Crippen LogP contribution in [0.4, 0.5) is 0 Å². The van der Waals surface area contributed by atoms with Crippen LogP contribution in [0.5, 0.6) is 5.75 Å². The molecule has 0 saturated heterocycles. The van der Waals surface area contributed by atoms with Gasteiger partial charge in [0.15, 0.2) is 0 Å². The predicted molar refractivity (Wildman–Crippen MR) is 97.0 cm³/mol. The number of benzene rings is 2. The molecule has 3 rings (SSSR count). The average molecular weight is 328 g/mol. The SMILES string of the molecule is CN=Cc1ccc(O[C@@H]2CCCC[C@H]2c2ccccc2)cc1Cl. The Morgan fingerprint density at radius 3 is 2.61 bits per heavy atom. The highest BCUT2D eigenvalue weighted by molar-refractivity contribution is 6.33. The van der Waals surface area contributed by atoms with Gasteiger partial charge in [-0.3, -0.25) is 4.99 Å². The zero-order valence-electron chi connectivity index (χ0n) is 13.4. The van der Waals surface area contributed by atoms with Crippen molar-refractivity contribution in [2.24, 2.45) is 4.99 Å². The first kappa shape index (κ1) is 16.1. The lowest BCUT2D eigenvalue weighted by molar-refractivity contribution is 0.130. The van der Waals surface area contributed by atoms with Gasteiger partial charge >= 0.3 is 0 Å². The maximum absolute atomic E-state index is 6.31. The van der Waals surface area contributed by atoms with E-state index in [9.17, 15) is 0 Å². The molecular weight excluding hydrogens is 306 g/mol. The minimum absolute atomic E-state index is 0.216. The van der Waals surface area contributed by atoms with Gasteiger partial charge in [-0.25, -0.2) is 0 Å². The molecule has 0 aliphatic heterocycles. The van der Waals surface area contributed by atoms with Gasteiger partial charge in [-0.05, 0) is 43.0 Å². The van der Waals surface area contributed by atoms with E-state index >= 15 is 0 Å². The molecule has 0 bridgehead atoms. The molecule has 23 heavy (non-hydrogen) atoms. The summed E-state index contributed by atoms with van der Waals surface area (Å²) < 4.78 is 6.31. The second-order valence-corrected chi connectivity index (χ2v) is 6.44. The topological polar surface area (TPSA) is 21.6 Å². The van der Waals surface area contributed by atoms with Crippen LogP contribution in [0.1, 0.15) is 42.7 Å². The normalized spacial score (nSPS) is 21.5. The molecule has 1 saturated carbocycles. The Kier molecular flexibility index (Phi) is 5.35. The van der Waals surface area contributed by atoms with Crippen LogP contribution in [0.2, 0.25) is 5.02 Å². The van der Waals surface area contributed by atoms with E-state index in [4.69, 9.17) is 16.3 Å². The fourth-order valence-corrected chi connectivity index (χ4v) is 3.54. The molecule has 0 spiro atoms. The molecule has 0 aromatic heterocycles. The highest BCUT2D eigenvalue weighted by atomic mass is 35.5. The van der Waals surface area contributed by atoms with Gasteiger partial charge in [0.2, 0.25) is 0 Å². The van der Waals surface area contributed by atoms with Gasteiger partial charge < -0.3 is 4.74 Å². The van der Waals surface area contributed by atoms with Gasteiger partial charge in [-0.1, -0.05) is 48.4 Å². The molecule has 0 amide bonds. The van der Waals surface area contributed by atoms with E-state index in [1.54, 1.807) is 13.3 Å². The Labute approximate surface area is 143 Å². The van der Waals surface area contributed by atoms with Gasteiger partial charge in [0.25, 0.3) is 0 Å². The minimum Gasteiger partial charge on any atom is -0.490 e. The third kappa shape index (κ3) is 3.94. The molecule has 3 heteroatoms. The Bertz CT molecular complexity index is 669. The number of hydrogen-bond acceptors (Lipinski definition) is 2. The van der Waals surface area contributed by atoms with E-state index in [0.29, 0.717) is 10.9 Å². The van der Waals surface area contributed by atoms with Crippen molar-refractivity contribution in [1.82, 2.24) is 0 Å². The average Bonchev–Trinajstić information content (AvgIpc) is 2.59. The first-order chi connectivity index (χ1) is 11.3. The smallest absolute Gasteiger partial charge is 0.121 e. The highest BCUT2D eigenvalue weighted by Gasteiger charge is 2.28. The number of hydrogen-bond donors (Lipinski definition) is 0. The molecule has 1 aliphatic carbocycles. The zero-order chi connectivity index (χ0) is 16.1. The van der Waals surface area contributed by atoms with Crippen molar-refractivity contribution >= 4 is 17.8 Å². The molecule has 120 valence electrons. The summed E-state index contributed by atoms with van der Waals surface area (Å²) in [6, 6.07) is 16.5. The third-order valence-electron chi connectivity index (χ3n) is 4.46. The minimum atomic E-state index is 0.216. The summed E-state index contributed by atoms with van der Waals surface area (Å²) in [5.74, 6) is 1.30. The molecule has 2 aromatic rings. The quantitative estimate of drug-likeness (QED) is 0.680. The van der Waals surface area contributed by atoms with Crippen molar-refractivity contribution in [3.63, 3.8) is 0 Å². The molecule has 0 unspecified atom stereocenters. The van der Waals surface area contributed by atoms with E-state index in [0.717, 1.165) is 17.7 Å². The van der Waals surface area contributed by atoms with Crippen molar-refractivity contribution in [2.45, 2.75) is 37.7 Å². The summed E-state index contributed by atoms with van der Waals surface area (Å²) >= 11 is 6.31. The molecule has 0 N–H and O–H groups in total. The Morgan fingerprint density at radius 2 is 1.87 bits per heavy atom. The van der Waals surface area contributed by atoms with Crippen LogP contribution in [-0.4, -0.2) is 19.4 Å². The van der Waals surface area contributed by atoms with Gasteiger partial charge in [0.1, 0.15) is 11.9 Å². The van der Waals surface area contributed by atoms with Crippen molar-refractivity contribution in [2.75, 3.05) is 7.05 Å². The van der Waals surface area contributed by atoms with Crippen LogP contribution in [0.25, 0.3) is 0 Å². The van der Waals surface area contributed by atoms with Crippen molar-refractivity contribution in [3.05, 3.63) is 64.7 Å². The zero-order valence-corrected chi connectivity index (χ0v) is 14.2. The van der Waals surface area contributed by atoms with E-state index < -0.39 is 0 Å².